The summed E-state index contributed by atoms with van der Waals surface area (Å²) in [6.45, 7) is 14.9. The summed E-state index contributed by atoms with van der Waals surface area (Å²) in [6.07, 6.45) is 5.05. The van der Waals surface area contributed by atoms with Crippen molar-refractivity contribution >= 4 is 5.97 Å². The van der Waals surface area contributed by atoms with Crippen LogP contribution in [0.1, 0.15) is 110 Å². The standard InChI is InChI=1S/C26H42O4/c1-8-18(4)19-13-14-22(27)21(16-19)20-12-11-15-26(7,17-20)24(29-10-3)30-23(28)25(5,6)9-2/h13-14,16,18,20,24,27H,8-12,15,17H2,1-7H3. The topological polar surface area (TPSA) is 55.8 Å². The molecule has 0 bridgehead atoms. The van der Waals surface area contributed by atoms with E-state index < -0.39 is 11.7 Å². The molecule has 1 N–H and O–H groups in total. The number of aromatic hydroxyl groups is 1. The van der Waals surface area contributed by atoms with Gasteiger partial charge in [-0.05, 0) is 81.9 Å². The number of hydrogen-bond acceptors (Lipinski definition) is 4. The molecule has 2 rings (SSSR count). The molecule has 30 heavy (non-hydrogen) atoms. The van der Waals surface area contributed by atoms with E-state index in [2.05, 4.69) is 26.8 Å². The van der Waals surface area contributed by atoms with Gasteiger partial charge in [0.05, 0.1) is 5.41 Å². The molecule has 0 spiro atoms. The minimum atomic E-state index is -0.566. The molecule has 0 radical (unpaired) electrons. The van der Waals surface area contributed by atoms with Crippen LogP contribution < -0.4 is 0 Å². The Balaban J connectivity index is 2.28. The molecule has 1 saturated carbocycles. The molecular weight excluding hydrogens is 376 g/mol. The minimum absolute atomic E-state index is 0.201. The van der Waals surface area contributed by atoms with E-state index in [1.165, 1.54) is 5.56 Å². The fourth-order valence-corrected chi connectivity index (χ4v) is 4.37. The van der Waals surface area contributed by atoms with Gasteiger partial charge in [-0.2, -0.15) is 0 Å². The Kier molecular flexibility index (Phi) is 8.38. The van der Waals surface area contributed by atoms with Crippen LogP contribution in [0.15, 0.2) is 18.2 Å². The Hall–Kier alpha value is -1.55. The highest BCUT2D eigenvalue weighted by molar-refractivity contribution is 5.75. The van der Waals surface area contributed by atoms with E-state index in [0.29, 0.717) is 18.3 Å². The average Bonchev–Trinajstić information content (AvgIpc) is 2.73. The molecule has 4 atom stereocenters. The molecule has 0 aliphatic heterocycles. The van der Waals surface area contributed by atoms with E-state index in [1.807, 2.05) is 39.8 Å². The molecule has 4 unspecified atom stereocenters. The van der Waals surface area contributed by atoms with E-state index in [0.717, 1.165) is 44.1 Å². The van der Waals surface area contributed by atoms with Crippen LogP contribution in [0.25, 0.3) is 0 Å². The van der Waals surface area contributed by atoms with Crippen LogP contribution in [0.3, 0.4) is 0 Å². The lowest BCUT2D eigenvalue weighted by Gasteiger charge is -2.43. The smallest absolute Gasteiger partial charge is 0.313 e. The first-order valence-electron chi connectivity index (χ1n) is 11.7. The SMILES string of the molecule is CCOC(OC(=O)C(C)(C)CC)C1(C)CCCC(c2cc(C(C)CC)ccc2O)C1. The van der Waals surface area contributed by atoms with Gasteiger partial charge in [0.15, 0.2) is 0 Å². The normalized spacial score (nSPS) is 24.3. The van der Waals surface area contributed by atoms with Crippen molar-refractivity contribution in [3.05, 3.63) is 29.3 Å². The molecule has 0 heterocycles. The Morgan fingerprint density at radius 3 is 2.60 bits per heavy atom. The highest BCUT2D eigenvalue weighted by atomic mass is 16.7. The van der Waals surface area contributed by atoms with Gasteiger partial charge < -0.3 is 14.6 Å². The van der Waals surface area contributed by atoms with E-state index in [1.54, 1.807) is 0 Å². The van der Waals surface area contributed by atoms with Crippen molar-refractivity contribution in [2.75, 3.05) is 6.61 Å². The largest absolute Gasteiger partial charge is 0.508 e. The summed E-state index contributed by atoms with van der Waals surface area (Å²) >= 11 is 0. The molecule has 170 valence electrons. The van der Waals surface area contributed by atoms with Gasteiger partial charge in [-0.25, -0.2) is 0 Å². The van der Waals surface area contributed by atoms with Gasteiger partial charge in [-0.15, -0.1) is 0 Å². The zero-order chi connectivity index (χ0) is 22.5. The van der Waals surface area contributed by atoms with Gasteiger partial charge >= 0.3 is 5.97 Å². The quantitative estimate of drug-likeness (QED) is 0.349. The molecule has 4 heteroatoms. The maximum absolute atomic E-state index is 12.8. The highest BCUT2D eigenvalue weighted by Gasteiger charge is 2.44. The van der Waals surface area contributed by atoms with Crippen LogP contribution >= 0.6 is 0 Å². The third kappa shape index (κ3) is 5.57. The first-order valence-corrected chi connectivity index (χ1v) is 11.7. The zero-order valence-corrected chi connectivity index (χ0v) is 20.1. The molecule has 1 aliphatic carbocycles. The van der Waals surface area contributed by atoms with Crippen molar-refractivity contribution in [1.82, 2.24) is 0 Å². The van der Waals surface area contributed by atoms with Gasteiger partial charge in [-0.3, -0.25) is 4.79 Å². The van der Waals surface area contributed by atoms with Crippen molar-refractivity contribution in [2.45, 2.75) is 105 Å². The van der Waals surface area contributed by atoms with Crippen LogP contribution in [0.5, 0.6) is 5.75 Å². The van der Waals surface area contributed by atoms with E-state index in [-0.39, 0.29) is 17.3 Å². The van der Waals surface area contributed by atoms with Crippen molar-refractivity contribution in [1.29, 1.82) is 0 Å². The zero-order valence-electron chi connectivity index (χ0n) is 20.1. The predicted octanol–water partition coefficient (Wildman–Crippen LogP) is 6.91. The number of esters is 1. The molecule has 0 amide bonds. The Morgan fingerprint density at radius 2 is 2.00 bits per heavy atom. The van der Waals surface area contributed by atoms with Crippen molar-refractivity contribution in [2.24, 2.45) is 10.8 Å². The number of carbonyl (C=O) groups is 1. The van der Waals surface area contributed by atoms with Gasteiger partial charge in [0.25, 0.3) is 0 Å². The number of carbonyl (C=O) groups excluding carboxylic acids is 1. The molecule has 1 fully saturated rings. The average molecular weight is 419 g/mol. The lowest BCUT2D eigenvalue weighted by Crippen LogP contribution is -2.43. The number of phenols is 1. The number of hydrogen-bond donors (Lipinski definition) is 1. The van der Waals surface area contributed by atoms with Crippen LogP contribution in [0, 0.1) is 10.8 Å². The van der Waals surface area contributed by atoms with Crippen LogP contribution in [-0.2, 0) is 14.3 Å². The van der Waals surface area contributed by atoms with Crippen molar-refractivity contribution in [3.63, 3.8) is 0 Å². The summed E-state index contributed by atoms with van der Waals surface area (Å²) in [5, 5.41) is 10.6. The van der Waals surface area contributed by atoms with Crippen LogP contribution in [0.2, 0.25) is 0 Å². The number of rotatable bonds is 9. The summed E-state index contributed by atoms with van der Waals surface area (Å²) < 4.78 is 11.9. The minimum Gasteiger partial charge on any atom is -0.508 e. The summed E-state index contributed by atoms with van der Waals surface area (Å²) in [6, 6.07) is 6.06. The Labute approximate surface area is 183 Å². The summed E-state index contributed by atoms with van der Waals surface area (Å²) in [5.41, 5.74) is 1.49. The van der Waals surface area contributed by atoms with Crippen molar-refractivity contribution < 1.29 is 19.4 Å². The summed E-state index contributed by atoms with van der Waals surface area (Å²) in [4.78, 5) is 12.8. The predicted molar refractivity (Wildman–Crippen MR) is 122 cm³/mol. The molecular formula is C26H42O4. The number of phenolic OH excluding ortho intramolecular Hbond substituents is 1. The van der Waals surface area contributed by atoms with Gasteiger partial charge in [0.2, 0.25) is 6.29 Å². The maximum atomic E-state index is 12.8. The molecule has 4 nitrogen and oxygen atoms in total. The Morgan fingerprint density at radius 1 is 1.30 bits per heavy atom. The number of benzene rings is 1. The Bertz CT molecular complexity index is 711. The van der Waals surface area contributed by atoms with E-state index >= 15 is 0 Å². The lowest BCUT2D eigenvalue weighted by molar-refractivity contribution is -0.221. The molecule has 1 aliphatic rings. The van der Waals surface area contributed by atoms with Gasteiger partial charge in [-0.1, -0.05) is 46.2 Å². The van der Waals surface area contributed by atoms with Crippen LogP contribution in [-0.4, -0.2) is 24.0 Å². The second-order valence-corrected chi connectivity index (χ2v) is 10.0. The summed E-state index contributed by atoms with van der Waals surface area (Å²) in [7, 11) is 0. The fourth-order valence-electron chi connectivity index (χ4n) is 4.37. The maximum Gasteiger partial charge on any atom is 0.313 e. The molecule has 0 saturated heterocycles. The van der Waals surface area contributed by atoms with Crippen molar-refractivity contribution in [3.8, 4) is 5.75 Å². The van der Waals surface area contributed by atoms with Crippen LogP contribution in [0.4, 0.5) is 0 Å². The summed E-state index contributed by atoms with van der Waals surface area (Å²) in [5.74, 6) is 0.864. The second-order valence-electron chi connectivity index (χ2n) is 10.0. The fraction of sp³-hybridized carbons (Fsp3) is 0.731. The van der Waals surface area contributed by atoms with E-state index in [4.69, 9.17) is 9.47 Å². The highest BCUT2D eigenvalue weighted by Crippen LogP contribution is 2.49. The van der Waals surface area contributed by atoms with Gasteiger partial charge in [0, 0.05) is 12.0 Å². The number of ether oxygens (including phenoxy) is 2. The molecule has 0 aromatic heterocycles. The molecule has 1 aromatic carbocycles. The third-order valence-electron chi connectivity index (χ3n) is 7.22. The first-order chi connectivity index (χ1) is 14.1. The molecule has 1 aromatic rings. The van der Waals surface area contributed by atoms with E-state index in [9.17, 15) is 9.90 Å². The second kappa shape index (κ2) is 10.2. The third-order valence-corrected chi connectivity index (χ3v) is 7.22. The van der Waals surface area contributed by atoms with Gasteiger partial charge in [0.1, 0.15) is 5.75 Å². The first kappa shape index (κ1) is 24.7. The lowest BCUT2D eigenvalue weighted by atomic mass is 9.68. The monoisotopic (exact) mass is 418 g/mol.